The molecule has 8 heavy (non-hydrogen) atoms. The van der Waals surface area contributed by atoms with E-state index in [1.165, 1.54) is 0 Å². The first kappa shape index (κ1) is 7.38. The van der Waals surface area contributed by atoms with Gasteiger partial charge in [-0.05, 0) is 7.05 Å². The summed E-state index contributed by atoms with van der Waals surface area (Å²) in [4.78, 5) is 1.62. The average Bonchev–Trinajstić information content (AvgIpc) is 1.68. The molecule has 46 valence electrons. The van der Waals surface area contributed by atoms with Crippen LogP contribution < -0.4 is 0 Å². The van der Waals surface area contributed by atoms with Gasteiger partial charge in [0.1, 0.15) is 6.67 Å². The van der Waals surface area contributed by atoms with Crippen LogP contribution in [0.5, 0.6) is 0 Å². The fourth-order valence-corrected chi connectivity index (χ4v) is 0.344. The summed E-state index contributed by atoms with van der Waals surface area (Å²) in [5, 5.41) is 8.05. The van der Waals surface area contributed by atoms with Crippen LogP contribution in [0.2, 0.25) is 0 Å². The van der Waals surface area contributed by atoms with Gasteiger partial charge in [0, 0.05) is 6.54 Å². The van der Waals surface area contributed by atoms with Crippen LogP contribution >= 0.6 is 0 Å². The Kier molecular flexibility index (Phi) is 4.19. The highest BCUT2D eigenvalue weighted by Gasteiger charge is 1.92. The normalized spacial score (nSPS) is 9.25. The van der Waals surface area contributed by atoms with Crippen molar-refractivity contribution in [3.05, 3.63) is 0 Å². The van der Waals surface area contributed by atoms with Gasteiger partial charge in [0.25, 0.3) is 0 Å². The molecular formula is C5H9FN2. The second-order valence-electron chi connectivity index (χ2n) is 1.58. The summed E-state index contributed by atoms with van der Waals surface area (Å²) in [6.45, 7) is 0.287. The molecule has 0 amide bonds. The molecular weight excluding hydrogens is 107 g/mol. The molecule has 0 saturated heterocycles. The monoisotopic (exact) mass is 116 g/mol. The lowest BCUT2D eigenvalue weighted by atomic mass is 10.6. The fourth-order valence-electron chi connectivity index (χ4n) is 0.344. The van der Waals surface area contributed by atoms with Crippen molar-refractivity contribution in [3.63, 3.8) is 0 Å². The smallest absolute Gasteiger partial charge is 0.102 e. The van der Waals surface area contributed by atoms with E-state index in [-0.39, 0.29) is 6.67 Å². The van der Waals surface area contributed by atoms with Gasteiger partial charge in [0.05, 0.1) is 12.6 Å². The number of nitriles is 1. The van der Waals surface area contributed by atoms with Crippen LogP contribution in [0.15, 0.2) is 0 Å². The Labute approximate surface area is 48.5 Å². The summed E-state index contributed by atoms with van der Waals surface area (Å²) >= 11 is 0. The standard InChI is InChI=1S/C5H9FN2/c1-8(4-2-6)5-3-7/h2,4-5H2,1H3. The van der Waals surface area contributed by atoms with E-state index in [1.54, 1.807) is 11.9 Å². The minimum absolute atomic E-state index is 0.309. The van der Waals surface area contributed by atoms with Gasteiger partial charge in [-0.2, -0.15) is 5.26 Å². The zero-order valence-corrected chi connectivity index (χ0v) is 4.89. The minimum atomic E-state index is -0.377. The van der Waals surface area contributed by atoms with E-state index in [1.807, 2.05) is 6.07 Å². The van der Waals surface area contributed by atoms with Crippen LogP contribution in [0.3, 0.4) is 0 Å². The van der Waals surface area contributed by atoms with Crippen LogP contribution in [0.25, 0.3) is 0 Å². The van der Waals surface area contributed by atoms with Gasteiger partial charge in [-0.3, -0.25) is 4.90 Å². The van der Waals surface area contributed by atoms with Crippen LogP contribution in [0.4, 0.5) is 4.39 Å². The van der Waals surface area contributed by atoms with Gasteiger partial charge in [-0.1, -0.05) is 0 Å². The number of nitrogens with zero attached hydrogens (tertiary/aromatic N) is 2. The predicted molar refractivity (Wildman–Crippen MR) is 29.1 cm³/mol. The molecule has 0 radical (unpaired) electrons. The number of hydrogen-bond acceptors (Lipinski definition) is 2. The lowest BCUT2D eigenvalue weighted by Gasteiger charge is -2.06. The van der Waals surface area contributed by atoms with E-state index in [9.17, 15) is 4.39 Å². The quantitative estimate of drug-likeness (QED) is 0.499. The van der Waals surface area contributed by atoms with Crippen molar-refractivity contribution in [2.24, 2.45) is 0 Å². The Morgan fingerprint density at radius 2 is 2.38 bits per heavy atom. The maximum Gasteiger partial charge on any atom is 0.102 e. The second-order valence-corrected chi connectivity index (χ2v) is 1.58. The van der Waals surface area contributed by atoms with Crippen molar-refractivity contribution in [2.45, 2.75) is 0 Å². The van der Waals surface area contributed by atoms with Crippen molar-refractivity contribution in [3.8, 4) is 6.07 Å². The molecule has 0 fully saturated rings. The third kappa shape index (κ3) is 3.57. The molecule has 0 unspecified atom stereocenters. The van der Waals surface area contributed by atoms with E-state index in [2.05, 4.69) is 0 Å². The van der Waals surface area contributed by atoms with Crippen molar-refractivity contribution in [1.82, 2.24) is 4.90 Å². The molecule has 0 aliphatic rings. The third-order valence-electron chi connectivity index (χ3n) is 0.807. The Bertz CT molecular complexity index is 86.9. The second kappa shape index (κ2) is 4.54. The first-order valence-corrected chi connectivity index (χ1v) is 2.42. The molecule has 2 nitrogen and oxygen atoms in total. The molecule has 0 heterocycles. The summed E-state index contributed by atoms with van der Waals surface area (Å²) in [7, 11) is 1.71. The van der Waals surface area contributed by atoms with Crippen molar-refractivity contribution < 1.29 is 4.39 Å². The molecule has 0 saturated carbocycles. The molecule has 0 aliphatic heterocycles. The highest BCUT2D eigenvalue weighted by Crippen LogP contribution is 1.78. The van der Waals surface area contributed by atoms with Gasteiger partial charge in [0.2, 0.25) is 0 Å². The maximum absolute atomic E-state index is 11.4. The summed E-state index contributed by atoms with van der Waals surface area (Å²) in [5.74, 6) is 0. The number of alkyl halides is 1. The highest BCUT2D eigenvalue weighted by molar-refractivity contribution is 4.73. The van der Waals surface area contributed by atoms with Crippen molar-refractivity contribution >= 4 is 0 Å². The highest BCUT2D eigenvalue weighted by atomic mass is 19.1. The average molecular weight is 116 g/mol. The number of halogens is 1. The van der Waals surface area contributed by atoms with Crippen molar-refractivity contribution in [2.75, 3.05) is 26.8 Å². The number of hydrogen-bond donors (Lipinski definition) is 0. The lowest BCUT2D eigenvalue weighted by Crippen LogP contribution is -2.20. The fraction of sp³-hybridized carbons (Fsp3) is 0.800. The summed E-state index contributed by atoms with van der Waals surface area (Å²) < 4.78 is 11.4. The molecule has 0 bridgehead atoms. The molecule has 0 atom stereocenters. The largest absolute Gasteiger partial charge is 0.291 e. The Balaban J connectivity index is 3.08. The van der Waals surface area contributed by atoms with Gasteiger partial charge in [0.15, 0.2) is 0 Å². The first-order valence-electron chi connectivity index (χ1n) is 2.42. The first-order chi connectivity index (χ1) is 3.81. The van der Waals surface area contributed by atoms with Gasteiger partial charge in [-0.25, -0.2) is 4.39 Å². The Hall–Kier alpha value is -0.620. The summed E-state index contributed by atoms with van der Waals surface area (Å²) in [5.41, 5.74) is 0. The van der Waals surface area contributed by atoms with Gasteiger partial charge in [-0.15, -0.1) is 0 Å². The van der Waals surface area contributed by atoms with Crippen molar-refractivity contribution in [1.29, 1.82) is 5.26 Å². The number of rotatable bonds is 3. The lowest BCUT2D eigenvalue weighted by molar-refractivity contribution is 0.322. The summed E-state index contributed by atoms with van der Waals surface area (Å²) in [6, 6.07) is 1.91. The predicted octanol–water partition coefficient (Wildman–Crippen LogP) is 0.411. The molecule has 0 aliphatic carbocycles. The topological polar surface area (TPSA) is 27.0 Å². The van der Waals surface area contributed by atoms with Gasteiger partial charge < -0.3 is 0 Å². The molecule has 0 aromatic rings. The van der Waals surface area contributed by atoms with E-state index >= 15 is 0 Å². The maximum atomic E-state index is 11.4. The molecule has 0 rings (SSSR count). The Morgan fingerprint density at radius 1 is 1.75 bits per heavy atom. The molecule has 0 aromatic heterocycles. The zero-order chi connectivity index (χ0) is 6.41. The van der Waals surface area contributed by atoms with Crippen LogP contribution in [0, 0.1) is 11.3 Å². The SMILES string of the molecule is CN(CC#N)CCF. The molecule has 3 heteroatoms. The van der Waals surface area contributed by atoms with Gasteiger partial charge >= 0.3 is 0 Å². The van der Waals surface area contributed by atoms with E-state index in [0.29, 0.717) is 13.1 Å². The third-order valence-corrected chi connectivity index (χ3v) is 0.807. The van der Waals surface area contributed by atoms with Crippen LogP contribution in [-0.2, 0) is 0 Å². The zero-order valence-electron chi connectivity index (χ0n) is 4.89. The van der Waals surface area contributed by atoms with Crippen LogP contribution in [0.1, 0.15) is 0 Å². The summed E-state index contributed by atoms with van der Waals surface area (Å²) in [6.07, 6.45) is 0. The molecule has 0 spiro atoms. The van der Waals surface area contributed by atoms with E-state index in [4.69, 9.17) is 5.26 Å². The van der Waals surface area contributed by atoms with E-state index < -0.39 is 0 Å². The molecule has 0 aromatic carbocycles. The minimum Gasteiger partial charge on any atom is -0.291 e. The molecule has 0 N–H and O–H groups in total. The Morgan fingerprint density at radius 3 is 2.75 bits per heavy atom. The van der Waals surface area contributed by atoms with Crippen LogP contribution in [-0.4, -0.2) is 31.7 Å². The van der Waals surface area contributed by atoms with E-state index in [0.717, 1.165) is 0 Å².